The highest BCUT2D eigenvalue weighted by Gasteiger charge is 2.22. The highest BCUT2D eigenvalue weighted by Crippen LogP contribution is 2.37. The lowest BCUT2D eigenvalue weighted by molar-refractivity contribution is 0.470. The van der Waals surface area contributed by atoms with Gasteiger partial charge in [0.1, 0.15) is 17.8 Å². The third kappa shape index (κ3) is 4.99. The van der Waals surface area contributed by atoms with Gasteiger partial charge in [0.25, 0.3) is 0 Å². The molecule has 2 aromatic heterocycles. The molecule has 0 amide bonds. The Morgan fingerprint density at radius 2 is 1.41 bits per heavy atom. The normalized spacial score (nSPS) is 11.7. The second kappa shape index (κ2) is 10.5. The summed E-state index contributed by atoms with van der Waals surface area (Å²) in [6.07, 6.45) is 1.83. The summed E-state index contributed by atoms with van der Waals surface area (Å²) in [5.74, 6) is 2.14. The van der Waals surface area contributed by atoms with E-state index in [0.29, 0.717) is 23.4 Å². The maximum absolute atomic E-state index is 10.4. The van der Waals surface area contributed by atoms with Crippen LogP contribution in [0.1, 0.15) is 81.7 Å². The quantitative estimate of drug-likeness (QED) is 0.235. The van der Waals surface area contributed by atoms with Crippen LogP contribution in [0, 0.1) is 6.92 Å². The molecule has 0 spiro atoms. The lowest BCUT2D eigenvalue weighted by Gasteiger charge is -2.24. The largest absolute Gasteiger partial charge is 0.506 e. The van der Waals surface area contributed by atoms with Crippen LogP contribution in [0.3, 0.4) is 0 Å². The van der Waals surface area contributed by atoms with Crippen LogP contribution in [-0.4, -0.2) is 29.7 Å². The minimum atomic E-state index is 0.197. The molecular formula is C33H37N5O. The molecule has 0 unspecified atom stereocenters. The molecule has 6 heteroatoms. The summed E-state index contributed by atoms with van der Waals surface area (Å²) in [7, 11) is 0. The molecule has 1 N–H and O–H groups in total. The standard InChI is InChI=1S/C33H37N5O/c1-20(2)26-17-27(21(3)4)32(28(18-26)22(5)6)37-19-34-35-33(37)25-12-10-11-24(16-25)29-15-23(7)38(36-29)30-13-8-9-14-31(30)39/h8-22,39H,1-7H3. The molecule has 0 aliphatic carbocycles. The summed E-state index contributed by atoms with van der Waals surface area (Å²) >= 11 is 0. The van der Waals surface area contributed by atoms with Crippen molar-refractivity contribution in [3.63, 3.8) is 0 Å². The molecule has 6 nitrogen and oxygen atoms in total. The summed E-state index contributed by atoms with van der Waals surface area (Å²) in [4.78, 5) is 0. The predicted octanol–water partition coefficient (Wildman–Crippen LogP) is 8.17. The van der Waals surface area contributed by atoms with E-state index >= 15 is 0 Å². The summed E-state index contributed by atoms with van der Waals surface area (Å²) in [5, 5.41) is 24.2. The van der Waals surface area contributed by atoms with Crippen molar-refractivity contribution in [1.29, 1.82) is 0 Å². The van der Waals surface area contributed by atoms with Crippen molar-refractivity contribution in [2.45, 2.75) is 66.2 Å². The molecule has 0 fully saturated rings. The van der Waals surface area contributed by atoms with Crippen LogP contribution in [0.4, 0.5) is 0 Å². The Labute approximate surface area is 231 Å². The van der Waals surface area contributed by atoms with E-state index in [0.717, 1.165) is 28.3 Å². The maximum atomic E-state index is 10.4. The van der Waals surface area contributed by atoms with Crippen LogP contribution < -0.4 is 0 Å². The van der Waals surface area contributed by atoms with Gasteiger partial charge in [-0.05, 0) is 65.6 Å². The predicted molar refractivity (Wildman–Crippen MR) is 158 cm³/mol. The molecule has 0 saturated heterocycles. The van der Waals surface area contributed by atoms with Crippen LogP contribution in [-0.2, 0) is 0 Å². The summed E-state index contributed by atoms with van der Waals surface area (Å²) in [6, 6.07) is 22.3. The van der Waals surface area contributed by atoms with Crippen LogP contribution in [0.2, 0.25) is 0 Å². The highest BCUT2D eigenvalue weighted by molar-refractivity contribution is 5.70. The van der Waals surface area contributed by atoms with E-state index in [1.165, 1.54) is 22.4 Å². The van der Waals surface area contributed by atoms with Gasteiger partial charge in [-0.25, -0.2) is 4.68 Å². The van der Waals surface area contributed by atoms with E-state index in [9.17, 15) is 5.11 Å². The number of nitrogens with zero attached hydrogens (tertiary/aromatic N) is 5. The summed E-state index contributed by atoms with van der Waals surface area (Å²) < 4.78 is 3.93. The van der Waals surface area contributed by atoms with Crippen molar-refractivity contribution in [2.24, 2.45) is 0 Å². The van der Waals surface area contributed by atoms with E-state index in [1.54, 1.807) is 10.7 Å². The second-order valence-electron chi connectivity index (χ2n) is 11.2. The number of hydrogen-bond donors (Lipinski definition) is 1. The first-order valence-electron chi connectivity index (χ1n) is 13.7. The Bertz CT molecular complexity index is 1590. The number of phenolic OH excluding ortho intramolecular Hbond substituents is 1. The molecule has 3 aromatic carbocycles. The number of benzene rings is 3. The van der Waals surface area contributed by atoms with Gasteiger partial charge in [-0.2, -0.15) is 5.10 Å². The average molecular weight is 520 g/mol. The first kappa shape index (κ1) is 26.4. The second-order valence-corrected chi connectivity index (χ2v) is 11.2. The van der Waals surface area contributed by atoms with Crippen LogP contribution in [0.25, 0.3) is 34.0 Å². The maximum Gasteiger partial charge on any atom is 0.168 e. The van der Waals surface area contributed by atoms with Gasteiger partial charge in [0, 0.05) is 16.8 Å². The number of phenols is 1. The number of aromatic nitrogens is 5. The summed E-state index contributed by atoms with van der Waals surface area (Å²) in [5.41, 5.74) is 9.51. The Morgan fingerprint density at radius 1 is 0.744 bits per heavy atom. The average Bonchev–Trinajstić information content (AvgIpc) is 3.55. The van der Waals surface area contributed by atoms with Crippen molar-refractivity contribution in [2.75, 3.05) is 0 Å². The molecule has 5 aromatic rings. The Balaban J connectivity index is 1.62. The number of aromatic hydroxyl groups is 1. The number of rotatable bonds is 7. The molecule has 5 rings (SSSR count). The van der Waals surface area contributed by atoms with Crippen molar-refractivity contribution < 1.29 is 5.11 Å². The van der Waals surface area contributed by atoms with Gasteiger partial charge >= 0.3 is 0 Å². The molecule has 0 radical (unpaired) electrons. The molecule has 0 atom stereocenters. The third-order valence-corrected chi connectivity index (χ3v) is 7.30. The van der Waals surface area contributed by atoms with Crippen molar-refractivity contribution >= 4 is 0 Å². The van der Waals surface area contributed by atoms with Gasteiger partial charge in [0.2, 0.25) is 0 Å². The minimum Gasteiger partial charge on any atom is -0.506 e. The van der Waals surface area contributed by atoms with Crippen molar-refractivity contribution in [3.8, 4) is 39.8 Å². The van der Waals surface area contributed by atoms with Gasteiger partial charge in [-0.3, -0.25) is 4.57 Å². The zero-order chi connectivity index (χ0) is 27.8. The van der Waals surface area contributed by atoms with Crippen LogP contribution in [0.15, 0.2) is 73.1 Å². The zero-order valence-corrected chi connectivity index (χ0v) is 23.8. The van der Waals surface area contributed by atoms with Gasteiger partial charge in [-0.15, -0.1) is 10.2 Å². The van der Waals surface area contributed by atoms with Crippen molar-refractivity contribution in [3.05, 3.63) is 95.4 Å². The topological polar surface area (TPSA) is 68.8 Å². The molecule has 2 heterocycles. The third-order valence-electron chi connectivity index (χ3n) is 7.30. The molecule has 0 aliphatic rings. The first-order chi connectivity index (χ1) is 18.7. The highest BCUT2D eigenvalue weighted by atomic mass is 16.3. The summed E-state index contributed by atoms with van der Waals surface area (Å²) in [6.45, 7) is 15.5. The van der Waals surface area contributed by atoms with Crippen LogP contribution >= 0.6 is 0 Å². The molecule has 0 saturated carbocycles. The van der Waals surface area contributed by atoms with E-state index in [2.05, 4.69) is 86.6 Å². The van der Waals surface area contributed by atoms with Gasteiger partial charge in [0.15, 0.2) is 5.82 Å². The van der Waals surface area contributed by atoms with Crippen molar-refractivity contribution in [1.82, 2.24) is 24.5 Å². The molecule has 200 valence electrons. The number of aryl methyl sites for hydroxylation is 1. The zero-order valence-electron chi connectivity index (χ0n) is 23.8. The fraction of sp³-hybridized carbons (Fsp3) is 0.303. The fourth-order valence-electron chi connectivity index (χ4n) is 5.11. The van der Waals surface area contributed by atoms with E-state index < -0.39 is 0 Å². The molecule has 39 heavy (non-hydrogen) atoms. The van der Waals surface area contributed by atoms with E-state index in [4.69, 9.17) is 5.10 Å². The first-order valence-corrected chi connectivity index (χ1v) is 13.7. The SMILES string of the molecule is Cc1cc(-c2cccc(-c3nncn3-c3c(C(C)C)cc(C(C)C)cc3C(C)C)c2)nn1-c1ccccc1O. The monoisotopic (exact) mass is 519 g/mol. The molecular weight excluding hydrogens is 482 g/mol. The van der Waals surface area contributed by atoms with Crippen LogP contribution in [0.5, 0.6) is 5.75 Å². The minimum absolute atomic E-state index is 0.197. The molecule has 0 bridgehead atoms. The van der Waals surface area contributed by atoms with E-state index in [-0.39, 0.29) is 5.75 Å². The van der Waals surface area contributed by atoms with E-state index in [1.807, 2.05) is 43.6 Å². The van der Waals surface area contributed by atoms with Gasteiger partial charge in [-0.1, -0.05) is 84.0 Å². The fourth-order valence-corrected chi connectivity index (χ4v) is 5.11. The lowest BCUT2D eigenvalue weighted by Crippen LogP contribution is -2.10. The Morgan fingerprint density at radius 3 is 2.05 bits per heavy atom. The van der Waals surface area contributed by atoms with Gasteiger partial charge in [0.05, 0.1) is 11.4 Å². The smallest absolute Gasteiger partial charge is 0.168 e. The molecule has 0 aliphatic heterocycles. The lowest BCUT2D eigenvalue weighted by atomic mass is 9.87. The Hall–Kier alpha value is -4.19. The number of hydrogen-bond acceptors (Lipinski definition) is 4. The number of para-hydroxylation sites is 2. The van der Waals surface area contributed by atoms with Gasteiger partial charge < -0.3 is 5.11 Å². The Kier molecular flexibility index (Phi) is 7.13.